The molecule has 4 rings (SSSR count). The zero-order chi connectivity index (χ0) is 18.4. The molecule has 0 saturated heterocycles. The summed E-state index contributed by atoms with van der Waals surface area (Å²) in [6.45, 7) is 3.79. The molecule has 0 radical (unpaired) electrons. The van der Waals surface area contributed by atoms with Crippen molar-refractivity contribution in [2.45, 2.75) is 13.8 Å². The minimum absolute atomic E-state index is 0.0236. The predicted molar refractivity (Wildman–Crippen MR) is 94.9 cm³/mol. The normalized spacial score (nSPS) is 11.2. The molecule has 4 aromatic rings. The number of hydrogen-bond donors (Lipinski definition) is 1. The highest BCUT2D eigenvalue weighted by Gasteiger charge is 2.21. The third-order valence-electron chi connectivity index (χ3n) is 4.49. The molecule has 132 valence electrons. The quantitative estimate of drug-likeness (QED) is 0.605. The van der Waals surface area contributed by atoms with Crippen LogP contribution < -0.4 is 4.74 Å². The minimum atomic E-state index is 0.0236. The Morgan fingerprint density at radius 3 is 2.65 bits per heavy atom. The third-order valence-corrected chi connectivity index (χ3v) is 4.49. The number of aromatic hydroxyl groups is 1. The van der Waals surface area contributed by atoms with Crippen LogP contribution in [0.5, 0.6) is 11.5 Å². The van der Waals surface area contributed by atoms with E-state index in [4.69, 9.17) is 9.37 Å². The highest BCUT2D eigenvalue weighted by molar-refractivity contribution is 5.96. The number of hydrogen-bond acceptors (Lipinski definition) is 7. The van der Waals surface area contributed by atoms with Crippen LogP contribution in [0.25, 0.3) is 33.5 Å². The molecule has 0 spiro atoms. The summed E-state index contributed by atoms with van der Waals surface area (Å²) in [7, 11) is 3.37. The summed E-state index contributed by atoms with van der Waals surface area (Å²) in [5.74, 6) is 0.401. The number of nitrogens with zero attached hydrogens (tertiary/aromatic N) is 5. The maximum absolute atomic E-state index is 10.5. The Balaban J connectivity index is 2.06. The topological polar surface area (TPSA) is 99.1 Å². The molecule has 0 saturated carbocycles. The van der Waals surface area contributed by atoms with Gasteiger partial charge in [-0.3, -0.25) is 4.68 Å². The fraction of sp³-hybridized carbons (Fsp3) is 0.222. The van der Waals surface area contributed by atoms with Crippen LogP contribution in [0.1, 0.15) is 11.4 Å². The summed E-state index contributed by atoms with van der Waals surface area (Å²) < 4.78 is 11.9. The molecular weight excluding hydrogens is 334 g/mol. The monoisotopic (exact) mass is 351 g/mol. The number of ether oxygens (including phenoxy) is 1. The standard InChI is InChI=1S/C18H17N5O3/c1-9-16(22-26-21-9)12-8-13(11-6-5-7-14(25-4)17(11)24)19-18-15(12)10(2)23(3)20-18/h5-8,24H,1-4H3. The van der Waals surface area contributed by atoms with E-state index in [2.05, 4.69) is 20.4 Å². The van der Waals surface area contributed by atoms with Crippen LogP contribution >= 0.6 is 0 Å². The van der Waals surface area contributed by atoms with Crippen molar-refractivity contribution in [1.29, 1.82) is 0 Å². The SMILES string of the molecule is COc1cccc(-c2cc(-c3nonc3C)c3c(C)n(C)nc3n2)c1O. The van der Waals surface area contributed by atoms with E-state index in [9.17, 15) is 5.11 Å². The number of methoxy groups -OCH3 is 1. The average molecular weight is 351 g/mol. The van der Waals surface area contributed by atoms with Gasteiger partial charge in [-0.15, -0.1) is 0 Å². The van der Waals surface area contributed by atoms with Gasteiger partial charge in [-0.2, -0.15) is 5.10 Å². The van der Waals surface area contributed by atoms with Crippen LogP contribution in [0.4, 0.5) is 0 Å². The smallest absolute Gasteiger partial charge is 0.182 e. The lowest BCUT2D eigenvalue weighted by atomic mass is 10.0. The van der Waals surface area contributed by atoms with Gasteiger partial charge in [0.05, 0.1) is 18.2 Å². The second-order valence-corrected chi connectivity index (χ2v) is 6.02. The van der Waals surface area contributed by atoms with Gasteiger partial charge in [-0.05, 0) is 37.2 Å². The van der Waals surface area contributed by atoms with E-state index in [0.29, 0.717) is 34.0 Å². The van der Waals surface area contributed by atoms with Gasteiger partial charge in [-0.25, -0.2) is 9.61 Å². The zero-order valence-corrected chi connectivity index (χ0v) is 14.8. The molecule has 1 N–H and O–H groups in total. The number of benzene rings is 1. The van der Waals surface area contributed by atoms with Crippen molar-refractivity contribution in [2.75, 3.05) is 7.11 Å². The van der Waals surface area contributed by atoms with Gasteiger partial charge in [0.2, 0.25) is 0 Å². The van der Waals surface area contributed by atoms with Crippen molar-refractivity contribution in [2.24, 2.45) is 7.05 Å². The zero-order valence-electron chi connectivity index (χ0n) is 14.8. The number of rotatable bonds is 3. The molecule has 3 heterocycles. The van der Waals surface area contributed by atoms with Crippen molar-refractivity contribution in [3.63, 3.8) is 0 Å². The first kappa shape index (κ1) is 16.1. The first-order valence-corrected chi connectivity index (χ1v) is 8.01. The summed E-state index contributed by atoms with van der Waals surface area (Å²) in [5.41, 5.74) is 4.71. The molecule has 26 heavy (non-hydrogen) atoms. The van der Waals surface area contributed by atoms with Crippen LogP contribution in [-0.4, -0.2) is 37.3 Å². The van der Waals surface area contributed by atoms with E-state index in [1.54, 1.807) is 22.9 Å². The van der Waals surface area contributed by atoms with Gasteiger partial charge in [0.15, 0.2) is 17.1 Å². The Labute approximate surface area is 149 Å². The third kappa shape index (κ3) is 2.30. The van der Waals surface area contributed by atoms with Crippen molar-refractivity contribution in [3.05, 3.63) is 35.7 Å². The molecule has 3 aromatic heterocycles. The lowest BCUT2D eigenvalue weighted by Crippen LogP contribution is -1.92. The van der Waals surface area contributed by atoms with Crippen molar-refractivity contribution in [3.8, 4) is 34.0 Å². The summed E-state index contributed by atoms with van der Waals surface area (Å²) in [5, 5.41) is 23.8. The van der Waals surface area contributed by atoms with Gasteiger partial charge in [0.25, 0.3) is 0 Å². The Kier molecular flexibility index (Phi) is 3.61. The number of fused-ring (bicyclic) bond motifs is 1. The minimum Gasteiger partial charge on any atom is -0.504 e. The van der Waals surface area contributed by atoms with E-state index in [0.717, 1.165) is 16.6 Å². The highest BCUT2D eigenvalue weighted by Crippen LogP contribution is 2.39. The Bertz CT molecular complexity index is 1130. The van der Waals surface area contributed by atoms with E-state index in [-0.39, 0.29) is 5.75 Å². The lowest BCUT2D eigenvalue weighted by molar-refractivity contribution is 0.306. The highest BCUT2D eigenvalue weighted by atomic mass is 16.6. The predicted octanol–water partition coefficient (Wildman–Crippen LogP) is 3.02. The lowest BCUT2D eigenvalue weighted by Gasteiger charge is -2.10. The summed E-state index contributed by atoms with van der Waals surface area (Å²) in [6, 6.07) is 7.12. The number of para-hydroxylation sites is 1. The van der Waals surface area contributed by atoms with E-state index >= 15 is 0 Å². The van der Waals surface area contributed by atoms with Crippen LogP contribution in [0.2, 0.25) is 0 Å². The fourth-order valence-electron chi connectivity index (χ4n) is 3.03. The van der Waals surface area contributed by atoms with E-state index < -0.39 is 0 Å². The summed E-state index contributed by atoms with van der Waals surface area (Å²) >= 11 is 0. The molecule has 0 bridgehead atoms. The molecule has 8 nitrogen and oxygen atoms in total. The summed E-state index contributed by atoms with van der Waals surface area (Å²) in [4.78, 5) is 4.64. The second kappa shape index (κ2) is 5.83. The Morgan fingerprint density at radius 2 is 1.96 bits per heavy atom. The molecular formula is C18H17N5O3. The van der Waals surface area contributed by atoms with Crippen molar-refractivity contribution >= 4 is 11.0 Å². The maximum atomic E-state index is 10.5. The Morgan fingerprint density at radius 1 is 1.15 bits per heavy atom. The van der Waals surface area contributed by atoms with Crippen LogP contribution in [0.3, 0.4) is 0 Å². The second-order valence-electron chi connectivity index (χ2n) is 6.02. The molecule has 0 fully saturated rings. The van der Waals surface area contributed by atoms with Crippen LogP contribution in [-0.2, 0) is 7.05 Å². The first-order valence-electron chi connectivity index (χ1n) is 8.01. The number of phenols is 1. The largest absolute Gasteiger partial charge is 0.504 e. The molecule has 8 heteroatoms. The van der Waals surface area contributed by atoms with E-state index in [1.165, 1.54) is 7.11 Å². The average Bonchev–Trinajstić information content (AvgIpc) is 3.18. The van der Waals surface area contributed by atoms with Crippen LogP contribution in [0, 0.1) is 13.8 Å². The number of aryl methyl sites for hydroxylation is 3. The van der Waals surface area contributed by atoms with Crippen LogP contribution in [0.15, 0.2) is 28.9 Å². The van der Waals surface area contributed by atoms with Gasteiger partial charge in [0.1, 0.15) is 11.4 Å². The molecule has 0 aliphatic rings. The van der Waals surface area contributed by atoms with Crippen molar-refractivity contribution in [1.82, 2.24) is 25.1 Å². The van der Waals surface area contributed by atoms with Gasteiger partial charge >= 0.3 is 0 Å². The van der Waals surface area contributed by atoms with E-state index in [1.807, 2.05) is 27.0 Å². The number of aromatic nitrogens is 5. The number of phenolic OH excluding ortho intramolecular Hbond substituents is 1. The maximum Gasteiger partial charge on any atom is 0.182 e. The number of pyridine rings is 1. The summed E-state index contributed by atoms with van der Waals surface area (Å²) in [6.07, 6.45) is 0. The van der Waals surface area contributed by atoms with Crippen molar-refractivity contribution < 1.29 is 14.5 Å². The molecule has 0 unspecified atom stereocenters. The fourth-order valence-corrected chi connectivity index (χ4v) is 3.03. The molecule has 0 amide bonds. The first-order chi connectivity index (χ1) is 12.5. The Hall–Kier alpha value is -3.42. The molecule has 0 aliphatic carbocycles. The van der Waals surface area contributed by atoms with Gasteiger partial charge in [0, 0.05) is 23.9 Å². The molecule has 0 aliphatic heterocycles. The van der Waals surface area contributed by atoms with Gasteiger partial charge in [-0.1, -0.05) is 11.2 Å². The molecule has 0 atom stereocenters. The molecule has 1 aromatic carbocycles. The van der Waals surface area contributed by atoms with Gasteiger partial charge < -0.3 is 9.84 Å².